The Balaban J connectivity index is 1.98. The normalized spacial score (nSPS) is 12.8. The van der Waals surface area contributed by atoms with Gasteiger partial charge >= 0.3 is 0 Å². The standard InChI is InChI=1S/C15H21N3O2/c1-17-11-14(9-16-17)15(20)12-18(7-8-19)10-13-5-3-2-4-6-13/h2-6,9,11,15,19-20H,7-8,10,12H2,1H3. The Hall–Kier alpha value is -1.69. The maximum Gasteiger partial charge on any atom is 0.0947 e. The predicted molar refractivity (Wildman–Crippen MR) is 77.0 cm³/mol. The van der Waals surface area contributed by atoms with Crippen molar-refractivity contribution in [3.05, 3.63) is 53.9 Å². The van der Waals surface area contributed by atoms with Crippen molar-refractivity contribution in [1.29, 1.82) is 0 Å². The Labute approximate surface area is 119 Å². The molecule has 0 spiro atoms. The molecule has 2 N–H and O–H groups in total. The van der Waals surface area contributed by atoms with E-state index in [1.165, 1.54) is 5.56 Å². The number of aliphatic hydroxyl groups excluding tert-OH is 2. The van der Waals surface area contributed by atoms with Crippen molar-refractivity contribution in [2.75, 3.05) is 19.7 Å². The first-order chi connectivity index (χ1) is 9.69. The van der Waals surface area contributed by atoms with Crippen LogP contribution in [0.25, 0.3) is 0 Å². The number of aryl methyl sites for hydroxylation is 1. The second-order valence-electron chi connectivity index (χ2n) is 4.91. The number of hydrogen-bond donors (Lipinski definition) is 2. The van der Waals surface area contributed by atoms with Gasteiger partial charge in [0.2, 0.25) is 0 Å². The molecule has 1 heterocycles. The van der Waals surface area contributed by atoms with Crippen LogP contribution in [0, 0.1) is 0 Å². The molecule has 2 rings (SSSR count). The molecule has 5 nitrogen and oxygen atoms in total. The largest absolute Gasteiger partial charge is 0.395 e. The molecular weight excluding hydrogens is 254 g/mol. The zero-order chi connectivity index (χ0) is 14.4. The quantitative estimate of drug-likeness (QED) is 0.790. The van der Waals surface area contributed by atoms with Crippen LogP contribution >= 0.6 is 0 Å². The summed E-state index contributed by atoms with van der Waals surface area (Å²) in [5.74, 6) is 0. The zero-order valence-corrected chi connectivity index (χ0v) is 11.7. The summed E-state index contributed by atoms with van der Waals surface area (Å²) < 4.78 is 1.67. The fraction of sp³-hybridized carbons (Fsp3) is 0.400. The van der Waals surface area contributed by atoms with E-state index in [4.69, 9.17) is 5.11 Å². The van der Waals surface area contributed by atoms with Gasteiger partial charge < -0.3 is 10.2 Å². The molecule has 0 fully saturated rings. The van der Waals surface area contributed by atoms with E-state index in [0.717, 1.165) is 5.56 Å². The van der Waals surface area contributed by atoms with Crippen LogP contribution in [-0.4, -0.2) is 44.6 Å². The van der Waals surface area contributed by atoms with Crippen LogP contribution in [0.4, 0.5) is 0 Å². The van der Waals surface area contributed by atoms with E-state index in [1.54, 1.807) is 10.9 Å². The summed E-state index contributed by atoms with van der Waals surface area (Å²) in [7, 11) is 1.83. The van der Waals surface area contributed by atoms with E-state index in [9.17, 15) is 5.11 Å². The Bertz CT molecular complexity index is 513. The number of benzene rings is 1. The summed E-state index contributed by atoms with van der Waals surface area (Å²) in [5.41, 5.74) is 1.96. The van der Waals surface area contributed by atoms with Gasteiger partial charge in [0.05, 0.1) is 18.9 Å². The van der Waals surface area contributed by atoms with E-state index < -0.39 is 6.10 Å². The minimum Gasteiger partial charge on any atom is -0.395 e. The molecule has 20 heavy (non-hydrogen) atoms. The SMILES string of the molecule is Cn1cc(C(O)CN(CCO)Cc2ccccc2)cn1. The van der Waals surface area contributed by atoms with Gasteiger partial charge in [-0.15, -0.1) is 0 Å². The monoisotopic (exact) mass is 275 g/mol. The van der Waals surface area contributed by atoms with Crippen LogP contribution in [0.3, 0.4) is 0 Å². The molecule has 1 aromatic carbocycles. The third kappa shape index (κ3) is 4.16. The molecule has 2 aromatic rings. The third-order valence-electron chi connectivity index (χ3n) is 3.21. The molecule has 1 aromatic heterocycles. The molecule has 0 aliphatic carbocycles. The molecule has 0 saturated carbocycles. The molecule has 1 unspecified atom stereocenters. The summed E-state index contributed by atoms with van der Waals surface area (Å²) in [6.45, 7) is 1.79. The summed E-state index contributed by atoms with van der Waals surface area (Å²) in [6, 6.07) is 10.0. The average molecular weight is 275 g/mol. The van der Waals surface area contributed by atoms with Gasteiger partial charge in [-0.3, -0.25) is 9.58 Å². The number of aromatic nitrogens is 2. The highest BCUT2D eigenvalue weighted by Gasteiger charge is 2.15. The maximum absolute atomic E-state index is 10.2. The van der Waals surface area contributed by atoms with Gasteiger partial charge in [0.25, 0.3) is 0 Å². The fourth-order valence-electron chi connectivity index (χ4n) is 2.18. The molecule has 0 amide bonds. The second-order valence-corrected chi connectivity index (χ2v) is 4.91. The molecule has 1 atom stereocenters. The van der Waals surface area contributed by atoms with E-state index in [-0.39, 0.29) is 6.61 Å². The second kappa shape index (κ2) is 7.19. The average Bonchev–Trinajstić information content (AvgIpc) is 2.87. The molecule has 0 bridgehead atoms. The topological polar surface area (TPSA) is 61.5 Å². The van der Waals surface area contributed by atoms with E-state index >= 15 is 0 Å². The molecule has 108 valence electrons. The number of hydrogen-bond acceptors (Lipinski definition) is 4. The first-order valence-corrected chi connectivity index (χ1v) is 6.73. The van der Waals surface area contributed by atoms with Gasteiger partial charge in [0, 0.05) is 38.4 Å². The molecule has 0 aliphatic heterocycles. The van der Waals surface area contributed by atoms with Crippen LogP contribution in [0.1, 0.15) is 17.2 Å². The molecule has 0 aliphatic rings. The Morgan fingerprint density at radius 2 is 2.05 bits per heavy atom. The van der Waals surface area contributed by atoms with Crippen molar-refractivity contribution in [3.63, 3.8) is 0 Å². The van der Waals surface area contributed by atoms with Crippen LogP contribution in [0.2, 0.25) is 0 Å². The van der Waals surface area contributed by atoms with Crippen molar-refractivity contribution in [2.45, 2.75) is 12.6 Å². The van der Waals surface area contributed by atoms with Crippen LogP contribution < -0.4 is 0 Å². The van der Waals surface area contributed by atoms with Crippen LogP contribution in [0.15, 0.2) is 42.7 Å². The lowest BCUT2D eigenvalue weighted by Crippen LogP contribution is -2.30. The smallest absolute Gasteiger partial charge is 0.0947 e. The highest BCUT2D eigenvalue weighted by Crippen LogP contribution is 2.14. The Kier molecular flexibility index (Phi) is 5.29. The van der Waals surface area contributed by atoms with Gasteiger partial charge in [-0.1, -0.05) is 30.3 Å². The summed E-state index contributed by atoms with van der Waals surface area (Å²) in [4.78, 5) is 2.03. The molecular formula is C15H21N3O2. The first kappa shape index (κ1) is 14.7. The minimum absolute atomic E-state index is 0.0760. The Morgan fingerprint density at radius 1 is 1.30 bits per heavy atom. The van der Waals surface area contributed by atoms with Crippen molar-refractivity contribution in [1.82, 2.24) is 14.7 Å². The highest BCUT2D eigenvalue weighted by molar-refractivity contribution is 5.15. The van der Waals surface area contributed by atoms with Crippen LogP contribution in [-0.2, 0) is 13.6 Å². The lowest BCUT2D eigenvalue weighted by Gasteiger charge is -2.24. The zero-order valence-electron chi connectivity index (χ0n) is 11.7. The number of aliphatic hydroxyl groups is 2. The summed E-state index contributed by atoms with van der Waals surface area (Å²) >= 11 is 0. The number of nitrogens with zero attached hydrogens (tertiary/aromatic N) is 3. The van der Waals surface area contributed by atoms with Crippen molar-refractivity contribution < 1.29 is 10.2 Å². The predicted octanol–water partition coefficient (Wildman–Crippen LogP) is 0.948. The lowest BCUT2D eigenvalue weighted by molar-refractivity contribution is 0.0956. The molecule has 0 saturated heterocycles. The van der Waals surface area contributed by atoms with E-state index in [1.807, 2.05) is 48.5 Å². The van der Waals surface area contributed by atoms with Crippen molar-refractivity contribution >= 4 is 0 Å². The van der Waals surface area contributed by atoms with Gasteiger partial charge in [-0.05, 0) is 5.56 Å². The first-order valence-electron chi connectivity index (χ1n) is 6.73. The van der Waals surface area contributed by atoms with Crippen molar-refractivity contribution in [3.8, 4) is 0 Å². The van der Waals surface area contributed by atoms with Gasteiger partial charge in [0.15, 0.2) is 0 Å². The van der Waals surface area contributed by atoms with E-state index in [2.05, 4.69) is 5.10 Å². The summed E-state index contributed by atoms with van der Waals surface area (Å²) in [5, 5.41) is 23.5. The Morgan fingerprint density at radius 3 is 2.65 bits per heavy atom. The van der Waals surface area contributed by atoms with Gasteiger partial charge in [-0.2, -0.15) is 5.10 Å². The van der Waals surface area contributed by atoms with Crippen molar-refractivity contribution in [2.24, 2.45) is 7.05 Å². The highest BCUT2D eigenvalue weighted by atomic mass is 16.3. The maximum atomic E-state index is 10.2. The molecule has 5 heteroatoms. The lowest BCUT2D eigenvalue weighted by atomic mass is 10.1. The third-order valence-corrected chi connectivity index (χ3v) is 3.21. The van der Waals surface area contributed by atoms with E-state index in [0.29, 0.717) is 19.6 Å². The minimum atomic E-state index is -0.598. The number of rotatable bonds is 7. The van der Waals surface area contributed by atoms with Gasteiger partial charge in [-0.25, -0.2) is 0 Å². The van der Waals surface area contributed by atoms with Gasteiger partial charge in [0.1, 0.15) is 0 Å². The fourth-order valence-corrected chi connectivity index (χ4v) is 2.18. The summed E-state index contributed by atoms with van der Waals surface area (Å²) in [6.07, 6.45) is 2.88. The molecule has 0 radical (unpaired) electrons. The van der Waals surface area contributed by atoms with Crippen LogP contribution in [0.5, 0.6) is 0 Å².